The smallest absolute Gasteiger partial charge is 0.257 e. The summed E-state index contributed by atoms with van der Waals surface area (Å²) in [5.41, 5.74) is 0.837. The largest absolute Gasteiger partial charge is 0.304 e. The Bertz CT molecular complexity index is 462. The molecule has 0 atom stereocenters. The van der Waals surface area contributed by atoms with Gasteiger partial charge in [0.2, 0.25) is 0 Å². The molecule has 0 aliphatic heterocycles. The predicted octanol–water partition coefficient (Wildman–Crippen LogP) is 0.173. The summed E-state index contributed by atoms with van der Waals surface area (Å²) in [6.07, 6.45) is 0. The highest BCUT2D eigenvalue weighted by molar-refractivity contribution is 7.89. The van der Waals surface area contributed by atoms with Gasteiger partial charge in [0.1, 0.15) is 0 Å². The number of hydrogen-bond donors (Lipinski definition) is 1. The average Bonchev–Trinajstić information content (AvgIpc) is 2.45. The Morgan fingerprint density at radius 1 is 1.50 bits per heavy atom. The van der Waals surface area contributed by atoms with Crippen LogP contribution in [0.25, 0.3) is 0 Å². The van der Waals surface area contributed by atoms with E-state index in [1.165, 1.54) is 6.07 Å². The molecule has 1 rings (SSSR count). The van der Waals surface area contributed by atoms with Crippen LogP contribution in [-0.4, -0.2) is 37.2 Å². The Balaban J connectivity index is 3.20. The van der Waals surface area contributed by atoms with Gasteiger partial charge in [-0.2, -0.15) is 5.10 Å². The summed E-state index contributed by atoms with van der Waals surface area (Å²) in [5.74, 6) is 0. The van der Waals surface area contributed by atoms with Gasteiger partial charge >= 0.3 is 0 Å². The Hall–Kier alpha value is -0.920. The van der Waals surface area contributed by atoms with Gasteiger partial charge in [0.15, 0.2) is 5.03 Å². The van der Waals surface area contributed by atoms with Crippen molar-refractivity contribution in [1.82, 2.24) is 14.7 Å². The van der Waals surface area contributed by atoms with E-state index in [2.05, 4.69) is 5.10 Å². The van der Waals surface area contributed by atoms with Gasteiger partial charge in [-0.15, -0.1) is 0 Å². The number of rotatable bonds is 4. The number of hydrogen-bond acceptors (Lipinski definition) is 4. The van der Waals surface area contributed by atoms with E-state index < -0.39 is 10.0 Å². The first-order valence-electron chi connectivity index (χ1n) is 4.97. The minimum absolute atomic E-state index is 0.0712. The molecule has 7 heteroatoms. The zero-order valence-corrected chi connectivity index (χ0v) is 10.8. The molecule has 0 aliphatic carbocycles. The molecule has 0 spiro atoms. The lowest BCUT2D eigenvalue weighted by atomic mass is 10.3. The molecule has 0 fully saturated rings. The van der Waals surface area contributed by atoms with Crippen LogP contribution in [0.15, 0.2) is 11.1 Å². The molecule has 16 heavy (non-hydrogen) atoms. The summed E-state index contributed by atoms with van der Waals surface area (Å²) < 4.78 is 24.1. The molecule has 1 aromatic heterocycles. The van der Waals surface area contributed by atoms with Gasteiger partial charge in [-0.05, 0) is 27.9 Å². The maximum Gasteiger partial charge on any atom is 0.257 e. The van der Waals surface area contributed by atoms with E-state index in [4.69, 9.17) is 5.14 Å². The molecule has 0 amide bonds. The first-order chi connectivity index (χ1) is 7.21. The molecule has 0 aromatic carbocycles. The highest BCUT2D eigenvalue weighted by atomic mass is 32.2. The van der Waals surface area contributed by atoms with Crippen LogP contribution in [0.2, 0.25) is 0 Å². The summed E-state index contributed by atoms with van der Waals surface area (Å²) in [5, 5.41) is 8.99. The monoisotopic (exact) mass is 246 g/mol. The molecule has 0 bridgehead atoms. The lowest BCUT2D eigenvalue weighted by Crippen LogP contribution is -2.16. The summed E-state index contributed by atoms with van der Waals surface area (Å²) in [7, 11) is 0.0977. The minimum atomic E-state index is -3.72. The SMILES string of the molecule is CC(C)n1nc(S(N)(=O)=O)cc1CN(C)C. The van der Waals surface area contributed by atoms with E-state index >= 15 is 0 Å². The molecule has 0 saturated carbocycles. The van der Waals surface area contributed by atoms with E-state index in [0.29, 0.717) is 6.54 Å². The van der Waals surface area contributed by atoms with Crippen LogP contribution in [0.4, 0.5) is 0 Å². The van der Waals surface area contributed by atoms with E-state index in [-0.39, 0.29) is 11.1 Å². The van der Waals surface area contributed by atoms with E-state index in [1.807, 2.05) is 32.8 Å². The summed E-state index contributed by atoms with van der Waals surface area (Å²) in [4.78, 5) is 1.95. The second-order valence-corrected chi connectivity index (χ2v) is 5.80. The lowest BCUT2D eigenvalue weighted by Gasteiger charge is -2.14. The summed E-state index contributed by atoms with van der Waals surface area (Å²) in [6.45, 7) is 4.51. The fraction of sp³-hybridized carbons (Fsp3) is 0.667. The number of primary sulfonamides is 1. The third kappa shape index (κ3) is 3.03. The number of aromatic nitrogens is 2. The van der Waals surface area contributed by atoms with Gasteiger partial charge in [0.05, 0.1) is 5.69 Å². The van der Waals surface area contributed by atoms with Gasteiger partial charge in [-0.3, -0.25) is 4.68 Å². The quantitative estimate of drug-likeness (QED) is 0.821. The maximum absolute atomic E-state index is 11.2. The predicted molar refractivity (Wildman–Crippen MR) is 61.4 cm³/mol. The first-order valence-corrected chi connectivity index (χ1v) is 6.52. The van der Waals surface area contributed by atoms with Crippen LogP contribution in [0, 0.1) is 0 Å². The van der Waals surface area contributed by atoms with Crippen molar-refractivity contribution in [3.8, 4) is 0 Å². The molecule has 0 radical (unpaired) electrons. The van der Waals surface area contributed by atoms with Crippen molar-refractivity contribution >= 4 is 10.0 Å². The number of sulfonamides is 1. The van der Waals surface area contributed by atoms with Crippen LogP contribution < -0.4 is 5.14 Å². The van der Waals surface area contributed by atoms with Gasteiger partial charge in [0.25, 0.3) is 10.0 Å². The minimum Gasteiger partial charge on any atom is -0.304 e. The Kier molecular flexibility index (Phi) is 3.72. The van der Waals surface area contributed by atoms with E-state index in [9.17, 15) is 8.42 Å². The van der Waals surface area contributed by atoms with Crippen molar-refractivity contribution < 1.29 is 8.42 Å². The fourth-order valence-corrected chi connectivity index (χ4v) is 1.94. The molecule has 92 valence electrons. The van der Waals surface area contributed by atoms with Gasteiger partial charge < -0.3 is 4.90 Å². The fourth-order valence-electron chi connectivity index (χ4n) is 1.44. The molecule has 0 unspecified atom stereocenters. The van der Waals surface area contributed by atoms with Crippen LogP contribution in [0.5, 0.6) is 0 Å². The van der Waals surface area contributed by atoms with Crippen LogP contribution in [-0.2, 0) is 16.6 Å². The topological polar surface area (TPSA) is 81.2 Å². The van der Waals surface area contributed by atoms with E-state index in [0.717, 1.165) is 5.69 Å². The molecular weight excluding hydrogens is 228 g/mol. The molecule has 1 heterocycles. The van der Waals surface area contributed by atoms with Crippen LogP contribution in [0.1, 0.15) is 25.6 Å². The maximum atomic E-state index is 11.2. The molecule has 2 N–H and O–H groups in total. The zero-order chi connectivity index (χ0) is 12.5. The second kappa shape index (κ2) is 4.52. The third-order valence-electron chi connectivity index (χ3n) is 2.05. The van der Waals surface area contributed by atoms with Crippen LogP contribution >= 0.6 is 0 Å². The lowest BCUT2D eigenvalue weighted by molar-refractivity contribution is 0.372. The molecule has 1 aromatic rings. The summed E-state index contributed by atoms with van der Waals surface area (Å²) >= 11 is 0. The van der Waals surface area contributed by atoms with Gasteiger partial charge in [0, 0.05) is 18.7 Å². The number of nitrogens with two attached hydrogens (primary N) is 1. The van der Waals surface area contributed by atoms with E-state index in [1.54, 1.807) is 4.68 Å². The number of nitrogens with zero attached hydrogens (tertiary/aromatic N) is 3. The van der Waals surface area contributed by atoms with Crippen molar-refractivity contribution in [2.75, 3.05) is 14.1 Å². The molecular formula is C9H18N4O2S. The highest BCUT2D eigenvalue weighted by Gasteiger charge is 2.17. The third-order valence-corrected chi connectivity index (χ3v) is 2.83. The van der Waals surface area contributed by atoms with Crippen LogP contribution in [0.3, 0.4) is 0 Å². The molecule has 6 nitrogen and oxygen atoms in total. The Labute approximate surface area is 96.1 Å². The normalized spacial score (nSPS) is 12.7. The zero-order valence-electron chi connectivity index (χ0n) is 10.0. The second-order valence-electron chi connectivity index (χ2n) is 4.30. The molecule has 0 aliphatic rings. The molecule has 0 saturated heterocycles. The standard InChI is InChI=1S/C9H18N4O2S/c1-7(2)13-8(6-12(3)4)5-9(11-13)16(10,14)15/h5,7H,6H2,1-4H3,(H2,10,14,15). The first kappa shape index (κ1) is 13.1. The van der Waals surface area contributed by atoms with Crippen molar-refractivity contribution in [2.45, 2.75) is 31.5 Å². The van der Waals surface area contributed by atoms with Crippen molar-refractivity contribution in [3.05, 3.63) is 11.8 Å². The van der Waals surface area contributed by atoms with Crippen molar-refractivity contribution in [1.29, 1.82) is 0 Å². The van der Waals surface area contributed by atoms with Crippen molar-refractivity contribution in [2.24, 2.45) is 5.14 Å². The highest BCUT2D eigenvalue weighted by Crippen LogP contribution is 2.15. The summed E-state index contributed by atoms with van der Waals surface area (Å²) in [6, 6.07) is 1.63. The Morgan fingerprint density at radius 2 is 2.06 bits per heavy atom. The Morgan fingerprint density at radius 3 is 2.44 bits per heavy atom. The average molecular weight is 246 g/mol. The van der Waals surface area contributed by atoms with Crippen molar-refractivity contribution in [3.63, 3.8) is 0 Å². The van der Waals surface area contributed by atoms with Gasteiger partial charge in [-0.25, -0.2) is 13.6 Å². The van der Waals surface area contributed by atoms with Gasteiger partial charge in [-0.1, -0.05) is 0 Å².